The van der Waals surface area contributed by atoms with Crippen molar-refractivity contribution in [1.82, 2.24) is 9.88 Å². The van der Waals surface area contributed by atoms with Gasteiger partial charge in [0.1, 0.15) is 0 Å². The minimum Gasteiger partial charge on any atom is -0.351 e. The molecule has 1 aliphatic rings. The number of fused-ring (bicyclic) bond motifs is 3. The van der Waals surface area contributed by atoms with E-state index in [9.17, 15) is 4.79 Å². The predicted octanol–water partition coefficient (Wildman–Crippen LogP) is 3.11. The molecule has 1 heterocycles. The fourth-order valence-corrected chi connectivity index (χ4v) is 3.83. The number of rotatable bonds is 5. The van der Waals surface area contributed by atoms with E-state index in [4.69, 9.17) is 5.73 Å². The smallest absolute Gasteiger partial charge is 0.251 e. The number of carbonyl (C=O) groups is 1. The highest BCUT2D eigenvalue weighted by Crippen LogP contribution is 2.35. The number of nitrogens with two attached hydrogens (primary N) is 1. The average molecular weight is 327 g/mol. The van der Waals surface area contributed by atoms with Crippen LogP contribution in [0.4, 0.5) is 0 Å². The van der Waals surface area contributed by atoms with E-state index in [1.54, 1.807) is 0 Å². The maximum Gasteiger partial charge on any atom is 0.251 e. The summed E-state index contributed by atoms with van der Waals surface area (Å²) in [7, 11) is 0. The van der Waals surface area contributed by atoms with Gasteiger partial charge in [-0.15, -0.1) is 0 Å². The summed E-state index contributed by atoms with van der Waals surface area (Å²) in [5, 5.41) is 4.13. The van der Waals surface area contributed by atoms with Crippen molar-refractivity contribution < 1.29 is 4.79 Å². The van der Waals surface area contributed by atoms with Gasteiger partial charge in [0, 0.05) is 41.8 Å². The summed E-state index contributed by atoms with van der Waals surface area (Å²) in [6, 6.07) is 6.15. The second kappa shape index (κ2) is 6.98. The van der Waals surface area contributed by atoms with Crippen LogP contribution in [0.1, 0.15) is 48.8 Å². The Morgan fingerprint density at radius 2 is 2.21 bits per heavy atom. The molecule has 1 aromatic carbocycles. The van der Waals surface area contributed by atoms with Gasteiger partial charge in [0.2, 0.25) is 0 Å². The van der Waals surface area contributed by atoms with Gasteiger partial charge in [-0.25, -0.2) is 0 Å². The molecule has 3 N–H and O–H groups in total. The molecule has 4 heteroatoms. The fourth-order valence-electron chi connectivity index (χ4n) is 3.83. The Hall–Kier alpha value is -1.81. The largest absolute Gasteiger partial charge is 0.351 e. The lowest BCUT2D eigenvalue weighted by Gasteiger charge is -2.21. The molecule has 0 spiro atoms. The summed E-state index contributed by atoms with van der Waals surface area (Å²) in [6.07, 6.45) is 3.52. The lowest BCUT2D eigenvalue weighted by molar-refractivity contribution is 0.0955. The standard InChI is InChI=1S/C20H29N3O/c1-13(2)12-23-18-6-4-14(3)10-16(18)17-11-15(5-7-19(17)23)20(24)22-9-8-21/h5,7,11,13-14H,4,6,8-10,12,21H2,1-3H3,(H,22,24). The normalized spacial score (nSPS) is 17.3. The Morgan fingerprint density at radius 3 is 2.92 bits per heavy atom. The minimum absolute atomic E-state index is 0.0310. The second-order valence-electron chi connectivity index (χ2n) is 7.55. The third kappa shape index (κ3) is 3.20. The first-order valence-corrected chi connectivity index (χ1v) is 9.13. The summed E-state index contributed by atoms with van der Waals surface area (Å²) in [4.78, 5) is 12.3. The van der Waals surface area contributed by atoms with E-state index in [-0.39, 0.29) is 5.91 Å². The number of amides is 1. The number of hydrogen-bond acceptors (Lipinski definition) is 2. The molecule has 1 atom stereocenters. The summed E-state index contributed by atoms with van der Waals surface area (Å²) in [6.45, 7) is 8.87. The molecule has 0 saturated carbocycles. The molecule has 0 aliphatic heterocycles. The third-order valence-corrected chi connectivity index (χ3v) is 4.95. The second-order valence-corrected chi connectivity index (χ2v) is 7.55. The topological polar surface area (TPSA) is 60.0 Å². The molecule has 1 aliphatic carbocycles. The highest BCUT2D eigenvalue weighted by Gasteiger charge is 2.24. The first kappa shape index (κ1) is 17.0. The van der Waals surface area contributed by atoms with Gasteiger partial charge in [-0.05, 0) is 54.9 Å². The van der Waals surface area contributed by atoms with Crippen molar-refractivity contribution in [2.75, 3.05) is 13.1 Å². The lowest BCUT2D eigenvalue weighted by atomic mass is 9.87. The first-order chi connectivity index (χ1) is 11.5. The van der Waals surface area contributed by atoms with E-state index in [0.717, 1.165) is 24.9 Å². The predicted molar refractivity (Wildman–Crippen MR) is 99.4 cm³/mol. The molecule has 3 rings (SSSR count). The van der Waals surface area contributed by atoms with Crippen LogP contribution in [0, 0.1) is 11.8 Å². The number of carbonyl (C=O) groups excluding carboxylic acids is 1. The Kier molecular flexibility index (Phi) is 4.95. The van der Waals surface area contributed by atoms with Crippen molar-refractivity contribution >= 4 is 16.8 Å². The van der Waals surface area contributed by atoms with Gasteiger partial charge in [-0.1, -0.05) is 20.8 Å². The van der Waals surface area contributed by atoms with E-state index in [2.05, 4.69) is 42.8 Å². The van der Waals surface area contributed by atoms with Crippen LogP contribution in [0.2, 0.25) is 0 Å². The highest BCUT2D eigenvalue weighted by atomic mass is 16.1. The van der Waals surface area contributed by atoms with E-state index < -0.39 is 0 Å². The lowest BCUT2D eigenvalue weighted by Crippen LogP contribution is -2.28. The Labute approximate surface area is 144 Å². The van der Waals surface area contributed by atoms with Crippen LogP contribution in [0.25, 0.3) is 10.9 Å². The quantitative estimate of drug-likeness (QED) is 0.886. The molecule has 1 amide bonds. The molecule has 130 valence electrons. The fraction of sp³-hybridized carbons (Fsp3) is 0.550. The number of nitrogens with zero attached hydrogens (tertiary/aromatic N) is 1. The van der Waals surface area contributed by atoms with Crippen LogP contribution < -0.4 is 11.1 Å². The molecule has 0 radical (unpaired) electrons. The maximum atomic E-state index is 12.3. The molecular formula is C20H29N3O. The van der Waals surface area contributed by atoms with Gasteiger partial charge < -0.3 is 15.6 Å². The Bertz CT molecular complexity index is 745. The Balaban J connectivity index is 2.08. The molecule has 24 heavy (non-hydrogen) atoms. The van der Waals surface area contributed by atoms with Crippen molar-refractivity contribution in [2.24, 2.45) is 17.6 Å². The average Bonchev–Trinajstić information content (AvgIpc) is 2.85. The van der Waals surface area contributed by atoms with Crippen LogP contribution in [0.15, 0.2) is 18.2 Å². The summed E-state index contributed by atoms with van der Waals surface area (Å²) < 4.78 is 2.49. The zero-order chi connectivity index (χ0) is 17.3. The molecule has 0 saturated heterocycles. The number of benzene rings is 1. The van der Waals surface area contributed by atoms with Crippen molar-refractivity contribution in [3.05, 3.63) is 35.0 Å². The van der Waals surface area contributed by atoms with Gasteiger partial charge in [-0.3, -0.25) is 4.79 Å². The summed E-state index contributed by atoms with van der Waals surface area (Å²) in [5.74, 6) is 1.29. The van der Waals surface area contributed by atoms with Gasteiger partial charge >= 0.3 is 0 Å². The third-order valence-electron chi connectivity index (χ3n) is 4.95. The molecule has 0 bridgehead atoms. The van der Waals surface area contributed by atoms with Crippen LogP contribution in [-0.4, -0.2) is 23.6 Å². The molecule has 0 fully saturated rings. The van der Waals surface area contributed by atoms with Crippen molar-refractivity contribution in [1.29, 1.82) is 0 Å². The Morgan fingerprint density at radius 1 is 1.42 bits per heavy atom. The summed E-state index contributed by atoms with van der Waals surface area (Å²) >= 11 is 0. The van der Waals surface area contributed by atoms with Crippen molar-refractivity contribution in [2.45, 2.75) is 46.6 Å². The van der Waals surface area contributed by atoms with Gasteiger partial charge in [-0.2, -0.15) is 0 Å². The number of nitrogens with one attached hydrogen (secondary N) is 1. The van der Waals surface area contributed by atoms with Gasteiger partial charge in [0.05, 0.1) is 0 Å². The van der Waals surface area contributed by atoms with Crippen molar-refractivity contribution in [3.8, 4) is 0 Å². The van der Waals surface area contributed by atoms with Crippen LogP contribution >= 0.6 is 0 Å². The first-order valence-electron chi connectivity index (χ1n) is 9.13. The maximum absolute atomic E-state index is 12.3. The monoisotopic (exact) mass is 327 g/mol. The number of hydrogen-bond donors (Lipinski definition) is 2. The van der Waals surface area contributed by atoms with Crippen LogP contribution in [0.3, 0.4) is 0 Å². The van der Waals surface area contributed by atoms with E-state index in [0.29, 0.717) is 24.9 Å². The SMILES string of the molecule is CC(C)Cn1c2c(c3cc(C(=O)NCCN)ccc31)CC(C)CC2. The zero-order valence-corrected chi connectivity index (χ0v) is 15.1. The van der Waals surface area contributed by atoms with E-state index >= 15 is 0 Å². The molecule has 2 aromatic rings. The van der Waals surface area contributed by atoms with Crippen LogP contribution in [-0.2, 0) is 19.4 Å². The molecule has 1 unspecified atom stereocenters. The van der Waals surface area contributed by atoms with Gasteiger partial charge in [0.25, 0.3) is 5.91 Å². The highest BCUT2D eigenvalue weighted by molar-refractivity contribution is 5.99. The van der Waals surface area contributed by atoms with E-state index in [1.165, 1.54) is 28.6 Å². The molecular weight excluding hydrogens is 298 g/mol. The summed E-state index contributed by atoms with van der Waals surface area (Å²) in [5.41, 5.74) is 10.4. The van der Waals surface area contributed by atoms with E-state index in [1.807, 2.05) is 6.07 Å². The van der Waals surface area contributed by atoms with Gasteiger partial charge in [0.15, 0.2) is 0 Å². The zero-order valence-electron chi connectivity index (χ0n) is 15.1. The molecule has 4 nitrogen and oxygen atoms in total. The number of aromatic nitrogens is 1. The van der Waals surface area contributed by atoms with Crippen LogP contribution in [0.5, 0.6) is 0 Å². The van der Waals surface area contributed by atoms with Crippen molar-refractivity contribution in [3.63, 3.8) is 0 Å². The minimum atomic E-state index is -0.0310. The molecule has 1 aromatic heterocycles.